The van der Waals surface area contributed by atoms with E-state index < -0.39 is 0 Å². The van der Waals surface area contributed by atoms with Crippen LogP contribution in [0.25, 0.3) is 0 Å². The van der Waals surface area contributed by atoms with Crippen LogP contribution in [0.4, 0.5) is 17.1 Å². The molecule has 5 heteroatoms. The van der Waals surface area contributed by atoms with Crippen molar-refractivity contribution < 1.29 is 4.79 Å². The molecule has 156 valence electrons. The summed E-state index contributed by atoms with van der Waals surface area (Å²) in [6.07, 6.45) is 8.11. The number of rotatable bonds is 8. The Hall–Kier alpha value is -2.56. The number of benzene rings is 1. The van der Waals surface area contributed by atoms with E-state index in [2.05, 4.69) is 53.0 Å². The molecule has 1 aromatic carbocycles. The standard InChI is InChI=1S/C24H34N4O/c1-4-12-27(13-5-2)23-16-20(17-25-18-23)24(29)26-21-6-8-22(9-7-21)28-14-10-19(3)11-15-28/h6-9,16-19H,4-5,10-15H2,1-3H3,(H,26,29). The van der Waals surface area contributed by atoms with Gasteiger partial charge in [0, 0.05) is 43.8 Å². The molecule has 0 aliphatic carbocycles. The highest BCUT2D eigenvalue weighted by atomic mass is 16.1. The number of carbonyl (C=O) groups is 1. The van der Waals surface area contributed by atoms with Crippen molar-refractivity contribution in [1.82, 2.24) is 4.98 Å². The van der Waals surface area contributed by atoms with Gasteiger partial charge in [-0.05, 0) is 61.9 Å². The van der Waals surface area contributed by atoms with E-state index in [1.165, 1.54) is 18.5 Å². The smallest absolute Gasteiger partial charge is 0.257 e. The van der Waals surface area contributed by atoms with Gasteiger partial charge in [0.25, 0.3) is 5.91 Å². The largest absolute Gasteiger partial charge is 0.372 e. The predicted molar refractivity (Wildman–Crippen MR) is 122 cm³/mol. The van der Waals surface area contributed by atoms with Crippen LogP contribution < -0.4 is 15.1 Å². The van der Waals surface area contributed by atoms with Gasteiger partial charge >= 0.3 is 0 Å². The van der Waals surface area contributed by atoms with Crippen LogP contribution in [0.2, 0.25) is 0 Å². The molecule has 1 aliphatic rings. The lowest BCUT2D eigenvalue weighted by atomic mass is 9.99. The minimum atomic E-state index is -0.119. The summed E-state index contributed by atoms with van der Waals surface area (Å²) in [5.74, 6) is 0.701. The van der Waals surface area contributed by atoms with Crippen LogP contribution in [0.15, 0.2) is 42.7 Å². The average molecular weight is 395 g/mol. The summed E-state index contributed by atoms with van der Waals surface area (Å²) in [6.45, 7) is 10.8. The molecule has 5 nitrogen and oxygen atoms in total. The molecule has 1 amide bonds. The van der Waals surface area contributed by atoms with Crippen molar-refractivity contribution in [1.29, 1.82) is 0 Å². The van der Waals surface area contributed by atoms with Crippen molar-refractivity contribution in [2.75, 3.05) is 41.3 Å². The number of hydrogen-bond donors (Lipinski definition) is 1. The minimum absolute atomic E-state index is 0.119. The van der Waals surface area contributed by atoms with Crippen molar-refractivity contribution in [2.45, 2.75) is 46.5 Å². The molecule has 1 aromatic heterocycles. The number of hydrogen-bond acceptors (Lipinski definition) is 4. The number of carbonyl (C=O) groups excluding carboxylic acids is 1. The molecule has 2 aromatic rings. The van der Waals surface area contributed by atoms with Crippen molar-refractivity contribution >= 4 is 23.0 Å². The first-order chi connectivity index (χ1) is 14.1. The number of aromatic nitrogens is 1. The summed E-state index contributed by atoms with van der Waals surface area (Å²) in [5, 5.41) is 3.01. The maximum atomic E-state index is 12.7. The lowest BCUT2D eigenvalue weighted by Gasteiger charge is -2.32. The first-order valence-corrected chi connectivity index (χ1v) is 11.0. The van der Waals surface area contributed by atoms with Gasteiger partial charge in [-0.2, -0.15) is 0 Å². The second kappa shape index (κ2) is 10.3. The van der Waals surface area contributed by atoms with Gasteiger partial charge < -0.3 is 15.1 Å². The third-order valence-corrected chi connectivity index (χ3v) is 5.61. The Balaban J connectivity index is 1.64. The second-order valence-corrected chi connectivity index (χ2v) is 8.09. The Morgan fingerprint density at radius 1 is 1.10 bits per heavy atom. The van der Waals surface area contributed by atoms with Gasteiger partial charge in [-0.3, -0.25) is 9.78 Å². The van der Waals surface area contributed by atoms with Gasteiger partial charge in [0.2, 0.25) is 0 Å². The number of piperidine rings is 1. The molecule has 2 heterocycles. The van der Waals surface area contributed by atoms with Crippen LogP contribution in [-0.2, 0) is 0 Å². The van der Waals surface area contributed by atoms with Crippen molar-refractivity contribution in [3.8, 4) is 0 Å². The third-order valence-electron chi connectivity index (χ3n) is 5.61. The van der Waals surface area contributed by atoms with Gasteiger partial charge in [-0.25, -0.2) is 0 Å². The molecule has 29 heavy (non-hydrogen) atoms. The molecule has 1 saturated heterocycles. The molecular formula is C24H34N4O. The summed E-state index contributed by atoms with van der Waals surface area (Å²) < 4.78 is 0. The summed E-state index contributed by atoms with van der Waals surface area (Å²) in [7, 11) is 0. The van der Waals surface area contributed by atoms with E-state index in [1.807, 2.05) is 24.4 Å². The van der Waals surface area contributed by atoms with Gasteiger partial charge in [-0.15, -0.1) is 0 Å². The highest BCUT2D eigenvalue weighted by molar-refractivity contribution is 6.04. The Labute approximate surface area is 175 Å². The molecule has 0 bridgehead atoms. The zero-order chi connectivity index (χ0) is 20.6. The molecule has 3 rings (SSSR count). The second-order valence-electron chi connectivity index (χ2n) is 8.09. The van der Waals surface area contributed by atoms with Crippen LogP contribution in [0, 0.1) is 5.92 Å². The summed E-state index contributed by atoms with van der Waals surface area (Å²) in [5.41, 5.74) is 3.65. The van der Waals surface area contributed by atoms with Gasteiger partial charge in [0.05, 0.1) is 17.4 Å². The van der Waals surface area contributed by atoms with E-state index in [4.69, 9.17) is 0 Å². The van der Waals surface area contributed by atoms with Crippen LogP contribution in [0.1, 0.15) is 56.8 Å². The van der Waals surface area contributed by atoms with Crippen molar-refractivity contribution in [3.05, 3.63) is 48.3 Å². The van der Waals surface area contributed by atoms with Crippen LogP contribution in [0.5, 0.6) is 0 Å². The van der Waals surface area contributed by atoms with E-state index >= 15 is 0 Å². The molecule has 1 aliphatic heterocycles. The van der Waals surface area contributed by atoms with Gasteiger partial charge in [0.15, 0.2) is 0 Å². The Morgan fingerprint density at radius 3 is 2.38 bits per heavy atom. The lowest BCUT2D eigenvalue weighted by Crippen LogP contribution is -2.32. The highest BCUT2D eigenvalue weighted by Crippen LogP contribution is 2.24. The first kappa shape index (κ1) is 21.2. The van der Waals surface area contributed by atoms with Gasteiger partial charge in [0.1, 0.15) is 0 Å². The molecule has 1 N–H and O–H groups in total. The molecule has 0 unspecified atom stereocenters. The monoisotopic (exact) mass is 394 g/mol. The zero-order valence-electron chi connectivity index (χ0n) is 18.0. The molecular weight excluding hydrogens is 360 g/mol. The number of nitrogens with one attached hydrogen (secondary N) is 1. The third kappa shape index (κ3) is 5.72. The van der Waals surface area contributed by atoms with Crippen LogP contribution in [-0.4, -0.2) is 37.1 Å². The first-order valence-electron chi connectivity index (χ1n) is 11.0. The minimum Gasteiger partial charge on any atom is -0.372 e. The number of amides is 1. The fraction of sp³-hybridized carbons (Fsp3) is 0.500. The van der Waals surface area contributed by atoms with E-state index in [1.54, 1.807) is 6.20 Å². The quantitative estimate of drug-likeness (QED) is 0.669. The molecule has 0 saturated carbocycles. The summed E-state index contributed by atoms with van der Waals surface area (Å²) in [4.78, 5) is 21.8. The van der Waals surface area contributed by atoms with Gasteiger partial charge in [-0.1, -0.05) is 20.8 Å². The predicted octanol–water partition coefficient (Wildman–Crippen LogP) is 5.20. The number of anilines is 3. The Bertz CT molecular complexity index is 776. The molecule has 0 radical (unpaired) electrons. The van der Waals surface area contributed by atoms with Crippen LogP contribution >= 0.6 is 0 Å². The van der Waals surface area contributed by atoms with E-state index in [0.29, 0.717) is 5.56 Å². The Morgan fingerprint density at radius 2 is 1.76 bits per heavy atom. The normalized spacial score (nSPS) is 14.7. The van der Waals surface area contributed by atoms with E-state index in [9.17, 15) is 4.79 Å². The maximum absolute atomic E-state index is 12.7. The zero-order valence-corrected chi connectivity index (χ0v) is 18.0. The molecule has 1 fully saturated rings. The lowest BCUT2D eigenvalue weighted by molar-refractivity contribution is 0.102. The summed E-state index contributed by atoms with van der Waals surface area (Å²) >= 11 is 0. The van der Waals surface area contributed by atoms with E-state index in [-0.39, 0.29) is 5.91 Å². The number of nitrogens with zero attached hydrogens (tertiary/aromatic N) is 3. The Kier molecular flexibility index (Phi) is 7.50. The maximum Gasteiger partial charge on any atom is 0.257 e. The fourth-order valence-electron chi connectivity index (χ4n) is 3.86. The number of pyridine rings is 1. The van der Waals surface area contributed by atoms with Crippen molar-refractivity contribution in [2.24, 2.45) is 5.92 Å². The fourth-order valence-corrected chi connectivity index (χ4v) is 3.86. The van der Waals surface area contributed by atoms with Crippen LogP contribution in [0.3, 0.4) is 0 Å². The average Bonchev–Trinajstić information content (AvgIpc) is 2.75. The topological polar surface area (TPSA) is 48.5 Å². The van der Waals surface area contributed by atoms with E-state index in [0.717, 1.165) is 56.3 Å². The highest BCUT2D eigenvalue weighted by Gasteiger charge is 2.16. The molecule has 0 atom stereocenters. The SMILES string of the molecule is CCCN(CCC)c1cncc(C(=O)Nc2ccc(N3CCC(C)CC3)cc2)c1. The summed E-state index contributed by atoms with van der Waals surface area (Å²) in [6, 6.07) is 10.1. The van der Waals surface area contributed by atoms with Crippen molar-refractivity contribution in [3.63, 3.8) is 0 Å². The molecule has 0 spiro atoms.